The van der Waals surface area contributed by atoms with E-state index < -0.39 is 0 Å². The molecule has 94 valence electrons. The summed E-state index contributed by atoms with van der Waals surface area (Å²) in [6.07, 6.45) is 0. The number of nitrogens with one attached hydrogen (secondary N) is 1. The van der Waals surface area contributed by atoms with E-state index in [2.05, 4.69) is 10.3 Å². The van der Waals surface area contributed by atoms with Crippen molar-refractivity contribution in [2.24, 2.45) is 5.73 Å². The number of amides is 1. The number of benzene rings is 1. The Bertz CT molecular complexity index is 533. The van der Waals surface area contributed by atoms with Crippen molar-refractivity contribution < 1.29 is 4.79 Å². The van der Waals surface area contributed by atoms with Gasteiger partial charge in [0.2, 0.25) is 0 Å². The third-order valence-electron chi connectivity index (χ3n) is 2.53. The summed E-state index contributed by atoms with van der Waals surface area (Å²) in [5.74, 6) is -0.161. The van der Waals surface area contributed by atoms with Crippen LogP contribution < -0.4 is 11.1 Å². The quantitative estimate of drug-likeness (QED) is 0.882. The molecular weight excluding hydrogens is 246 g/mol. The van der Waals surface area contributed by atoms with E-state index in [0.29, 0.717) is 18.8 Å². The Labute approximate surface area is 110 Å². The van der Waals surface area contributed by atoms with E-state index in [-0.39, 0.29) is 5.91 Å². The monoisotopic (exact) mass is 261 g/mol. The minimum Gasteiger partial charge on any atom is -0.347 e. The molecular formula is C13H15N3OS. The predicted molar refractivity (Wildman–Crippen MR) is 72.4 cm³/mol. The van der Waals surface area contributed by atoms with Crippen LogP contribution in [0, 0.1) is 6.92 Å². The number of nitrogens with zero attached hydrogens (tertiary/aromatic N) is 1. The van der Waals surface area contributed by atoms with Gasteiger partial charge in [0.1, 0.15) is 10.7 Å². The summed E-state index contributed by atoms with van der Waals surface area (Å²) < 4.78 is 0. The first-order valence-electron chi connectivity index (χ1n) is 5.67. The van der Waals surface area contributed by atoms with Crippen molar-refractivity contribution in [3.05, 3.63) is 51.5 Å². The van der Waals surface area contributed by atoms with E-state index in [9.17, 15) is 4.79 Å². The number of aryl methyl sites for hydroxylation is 1. The lowest BCUT2D eigenvalue weighted by atomic mass is 10.1. The molecule has 1 aromatic carbocycles. The number of carbonyl (C=O) groups is 1. The molecule has 0 aliphatic rings. The molecule has 0 radical (unpaired) electrons. The third kappa shape index (κ3) is 3.15. The Hall–Kier alpha value is -1.72. The van der Waals surface area contributed by atoms with Crippen molar-refractivity contribution in [1.82, 2.24) is 10.3 Å². The van der Waals surface area contributed by atoms with Crippen molar-refractivity contribution in [1.29, 1.82) is 0 Å². The molecule has 0 unspecified atom stereocenters. The van der Waals surface area contributed by atoms with E-state index in [1.807, 2.05) is 31.2 Å². The van der Waals surface area contributed by atoms with Gasteiger partial charge in [-0.2, -0.15) is 0 Å². The van der Waals surface area contributed by atoms with Crippen molar-refractivity contribution in [3.8, 4) is 0 Å². The number of nitrogens with two attached hydrogens (primary N) is 1. The molecule has 1 heterocycles. The minimum atomic E-state index is -0.161. The Morgan fingerprint density at radius 2 is 2.11 bits per heavy atom. The molecule has 1 amide bonds. The van der Waals surface area contributed by atoms with E-state index >= 15 is 0 Å². The van der Waals surface area contributed by atoms with Crippen LogP contribution in [0.1, 0.15) is 26.6 Å². The topological polar surface area (TPSA) is 68.0 Å². The molecule has 0 aliphatic heterocycles. The van der Waals surface area contributed by atoms with Crippen LogP contribution in [0.5, 0.6) is 0 Å². The highest BCUT2D eigenvalue weighted by Crippen LogP contribution is 2.09. The Morgan fingerprint density at radius 1 is 1.39 bits per heavy atom. The molecule has 0 spiro atoms. The zero-order valence-electron chi connectivity index (χ0n) is 10.1. The smallest absolute Gasteiger partial charge is 0.271 e. The molecule has 0 saturated carbocycles. The summed E-state index contributed by atoms with van der Waals surface area (Å²) in [5, 5.41) is 5.34. The molecule has 18 heavy (non-hydrogen) atoms. The van der Waals surface area contributed by atoms with Gasteiger partial charge < -0.3 is 11.1 Å². The number of thiazole rings is 1. The molecule has 0 aliphatic carbocycles. The summed E-state index contributed by atoms with van der Waals surface area (Å²) in [7, 11) is 0. The summed E-state index contributed by atoms with van der Waals surface area (Å²) in [5.41, 5.74) is 8.17. The maximum atomic E-state index is 11.8. The van der Waals surface area contributed by atoms with Crippen molar-refractivity contribution >= 4 is 17.2 Å². The summed E-state index contributed by atoms with van der Waals surface area (Å²) >= 11 is 1.40. The number of aromatic nitrogens is 1. The molecule has 2 aromatic rings. The number of hydrogen-bond donors (Lipinski definition) is 2. The second-order valence-corrected chi connectivity index (χ2v) is 4.94. The van der Waals surface area contributed by atoms with E-state index in [0.717, 1.165) is 10.6 Å². The average Bonchev–Trinajstić information content (AvgIpc) is 2.86. The van der Waals surface area contributed by atoms with Crippen LogP contribution in [0.3, 0.4) is 0 Å². The molecule has 4 nitrogen and oxygen atoms in total. The highest BCUT2D eigenvalue weighted by molar-refractivity contribution is 7.09. The fraction of sp³-hybridized carbons (Fsp3) is 0.231. The number of hydrogen-bond acceptors (Lipinski definition) is 4. The van der Waals surface area contributed by atoms with Gasteiger partial charge >= 0.3 is 0 Å². The average molecular weight is 261 g/mol. The Balaban J connectivity index is 1.93. The van der Waals surface area contributed by atoms with E-state index in [4.69, 9.17) is 5.73 Å². The molecule has 0 bridgehead atoms. The van der Waals surface area contributed by atoms with Gasteiger partial charge in [-0.15, -0.1) is 11.3 Å². The van der Waals surface area contributed by atoms with Crippen molar-refractivity contribution in [2.75, 3.05) is 0 Å². The van der Waals surface area contributed by atoms with Crippen LogP contribution >= 0.6 is 11.3 Å². The zero-order valence-corrected chi connectivity index (χ0v) is 11.0. The van der Waals surface area contributed by atoms with Crippen LogP contribution in [-0.2, 0) is 13.1 Å². The van der Waals surface area contributed by atoms with Gasteiger partial charge in [-0.05, 0) is 12.5 Å². The lowest BCUT2D eigenvalue weighted by Gasteiger charge is -2.03. The van der Waals surface area contributed by atoms with Crippen LogP contribution in [0.25, 0.3) is 0 Å². The van der Waals surface area contributed by atoms with Gasteiger partial charge in [-0.3, -0.25) is 4.79 Å². The SMILES string of the molecule is Cc1ccc(CNC(=O)c2csc(CN)n2)cc1. The Morgan fingerprint density at radius 3 is 2.72 bits per heavy atom. The van der Waals surface area contributed by atoms with Gasteiger partial charge in [0.05, 0.1) is 0 Å². The molecule has 2 rings (SSSR count). The first-order valence-corrected chi connectivity index (χ1v) is 6.55. The fourth-order valence-corrected chi connectivity index (χ4v) is 2.14. The lowest BCUT2D eigenvalue weighted by Crippen LogP contribution is -2.23. The van der Waals surface area contributed by atoms with Crippen LogP contribution in [0.15, 0.2) is 29.6 Å². The van der Waals surface area contributed by atoms with Gasteiger partial charge in [0.15, 0.2) is 0 Å². The van der Waals surface area contributed by atoms with Crippen molar-refractivity contribution in [3.63, 3.8) is 0 Å². The first-order chi connectivity index (χ1) is 8.69. The minimum absolute atomic E-state index is 0.161. The summed E-state index contributed by atoms with van der Waals surface area (Å²) in [4.78, 5) is 15.9. The molecule has 1 aromatic heterocycles. The molecule has 3 N–H and O–H groups in total. The molecule has 5 heteroatoms. The highest BCUT2D eigenvalue weighted by atomic mass is 32.1. The summed E-state index contributed by atoms with van der Waals surface area (Å²) in [6.45, 7) is 2.91. The maximum Gasteiger partial charge on any atom is 0.271 e. The molecule has 0 fully saturated rings. The van der Waals surface area contributed by atoms with Crippen LogP contribution in [0.4, 0.5) is 0 Å². The molecule has 0 saturated heterocycles. The van der Waals surface area contributed by atoms with E-state index in [1.165, 1.54) is 16.9 Å². The van der Waals surface area contributed by atoms with Gasteiger partial charge in [-0.25, -0.2) is 4.98 Å². The maximum absolute atomic E-state index is 11.8. The number of rotatable bonds is 4. The van der Waals surface area contributed by atoms with E-state index in [1.54, 1.807) is 5.38 Å². The summed E-state index contributed by atoms with van der Waals surface area (Å²) in [6, 6.07) is 8.05. The largest absolute Gasteiger partial charge is 0.347 e. The first kappa shape index (κ1) is 12.7. The lowest BCUT2D eigenvalue weighted by molar-refractivity contribution is 0.0946. The fourth-order valence-electron chi connectivity index (χ4n) is 1.49. The van der Waals surface area contributed by atoms with Gasteiger partial charge in [0.25, 0.3) is 5.91 Å². The second-order valence-electron chi connectivity index (χ2n) is 4.00. The normalized spacial score (nSPS) is 10.3. The number of carbonyl (C=O) groups excluding carboxylic acids is 1. The molecule has 0 atom stereocenters. The van der Waals surface area contributed by atoms with Gasteiger partial charge in [0, 0.05) is 18.5 Å². The third-order valence-corrected chi connectivity index (χ3v) is 3.40. The Kier molecular flexibility index (Phi) is 4.07. The highest BCUT2D eigenvalue weighted by Gasteiger charge is 2.09. The zero-order chi connectivity index (χ0) is 13.0. The van der Waals surface area contributed by atoms with Crippen molar-refractivity contribution in [2.45, 2.75) is 20.0 Å². The van der Waals surface area contributed by atoms with Crippen LogP contribution in [-0.4, -0.2) is 10.9 Å². The second kappa shape index (κ2) is 5.75. The van der Waals surface area contributed by atoms with Gasteiger partial charge in [-0.1, -0.05) is 29.8 Å². The standard InChI is InChI=1S/C13H15N3OS/c1-9-2-4-10(5-3-9)7-15-13(17)11-8-18-12(6-14)16-11/h2-5,8H,6-7,14H2,1H3,(H,15,17). The van der Waals surface area contributed by atoms with Crippen LogP contribution in [0.2, 0.25) is 0 Å². The predicted octanol–water partition coefficient (Wildman–Crippen LogP) is 1.84.